The third-order valence-corrected chi connectivity index (χ3v) is 23.0. The number of fused-ring (bicyclic) bond motifs is 6. The molecule has 5 heterocycles. The van der Waals surface area contributed by atoms with Crippen LogP contribution in [0.1, 0.15) is 35.1 Å². The maximum absolute atomic E-state index is 6.41. The Kier molecular flexibility index (Phi) is 20.2. The molecule has 1 aliphatic heterocycles. The molecule has 0 N–H and O–H groups in total. The highest BCUT2D eigenvalue weighted by molar-refractivity contribution is 7.27. The molecule has 0 spiro atoms. The Balaban J connectivity index is 0.000000132. The Labute approximate surface area is 648 Å². The summed E-state index contributed by atoms with van der Waals surface area (Å²) >= 11 is 9.76. The van der Waals surface area contributed by atoms with Gasteiger partial charge >= 0.3 is 7.12 Å². The third-order valence-electron chi connectivity index (χ3n) is 20.2. The number of halogens is 1. The van der Waals surface area contributed by atoms with Crippen LogP contribution in [0, 0.1) is 0 Å². The SMILES string of the molecule is C.CC1(C)OB(c2cccc3c2sc2c(-c4ccc(-c5ccccc5)cc4)cccc23)OC1(C)C.Clc1nc(-c2ccccc2)nc(-c2ccc(-c3ccccc3)cc2)n1.c1ccc(-c2ccc(-c3nc(-c4ccccc4)nc(-c4cccc5c4sc4c(-c6ccc(-c7ccccc7)cc6)cccc45)n3)cc2)cc1. The zero-order valence-corrected chi connectivity index (χ0v) is 62.1. The molecule has 0 saturated carbocycles. The highest BCUT2D eigenvalue weighted by Gasteiger charge is 2.52. The van der Waals surface area contributed by atoms with Crippen LogP contribution in [0.25, 0.3) is 164 Å². The van der Waals surface area contributed by atoms with Gasteiger partial charge in [0.2, 0.25) is 5.28 Å². The van der Waals surface area contributed by atoms with Crippen molar-refractivity contribution in [3.8, 4) is 124 Å². The maximum atomic E-state index is 6.41. The molecule has 1 saturated heterocycles. The van der Waals surface area contributed by atoms with Crippen molar-refractivity contribution in [1.29, 1.82) is 0 Å². The van der Waals surface area contributed by atoms with Crippen LogP contribution in [-0.4, -0.2) is 48.2 Å². The van der Waals surface area contributed by atoms with Crippen molar-refractivity contribution >= 4 is 87.2 Å². The molecule has 0 atom stereocenters. The Morgan fingerprint density at radius 2 is 0.477 bits per heavy atom. The lowest BCUT2D eigenvalue weighted by Gasteiger charge is -2.32. The first-order valence-electron chi connectivity index (χ1n) is 36.1. The minimum absolute atomic E-state index is 0. The van der Waals surface area contributed by atoms with E-state index in [0.717, 1.165) is 44.4 Å². The number of aromatic nitrogens is 6. The van der Waals surface area contributed by atoms with E-state index in [1.54, 1.807) is 0 Å². The predicted octanol–water partition coefficient (Wildman–Crippen LogP) is 26.1. The monoisotopic (exact) mass is 1460 g/mol. The average Bonchev–Trinajstić information content (AvgIpc) is 1.58. The number of benzene rings is 14. The summed E-state index contributed by atoms with van der Waals surface area (Å²) in [5.41, 5.74) is 19.6. The van der Waals surface area contributed by atoms with Gasteiger partial charge in [0, 0.05) is 68.2 Å². The van der Waals surface area contributed by atoms with Gasteiger partial charge in [-0.1, -0.05) is 353 Å². The van der Waals surface area contributed by atoms with Crippen LogP contribution in [0.4, 0.5) is 0 Å². The summed E-state index contributed by atoms with van der Waals surface area (Å²) in [6, 6.07) is 122. The number of thiophene rings is 2. The van der Waals surface area contributed by atoms with E-state index < -0.39 is 0 Å². The fourth-order valence-electron chi connectivity index (χ4n) is 13.8. The molecule has 12 heteroatoms. The van der Waals surface area contributed by atoms with Crippen molar-refractivity contribution in [2.24, 2.45) is 0 Å². The Hall–Kier alpha value is -12.2. The van der Waals surface area contributed by atoms with Gasteiger partial charge in [0.25, 0.3) is 0 Å². The molecule has 4 aromatic heterocycles. The van der Waals surface area contributed by atoms with E-state index in [0.29, 0.717) is 29.1 Å². The summed E-state index contributed by atoms with van der Waals surface area (Å²) in [7, 11) is -0.365. The number of nitrogens with zero attached hydrogens (tertiary/aromatic N) is 6. The molecular formula is C97H74BClN6O2S2. The molecule has 0 amide bonds. The van der Waals surface area contributed by atoms with E-state index >= 15 is 0 Å². The van der Waals surface area contributed by atoms with E-state index in [-0.39, 0.29) is 31.0 Å². The normalized spacial score (nSPS) is 12.8. The molecular weight excluding hydrogens is 1390 g/mol. The van der Waals surface area contributed by atoms with Crippen molar-refractivity contribution in [2.45, 2.75) is 46.3 Å². The molecule has 0 unspecified atom stereocenters. The van der Waals surface area contributed by atoms with Crippen molar-refractivity contribution in [2.75, 3.05) is 0 Å². The number of hydrogen-bond acceptors (Lipinski definition) is 10. The van der Waals surface area contributed by atoms with E-state index in [4.69, 9.17) is 35.9 Å². The summed E-state index contributed by atoms with van der Waals surface area (Å²) < 4.78 is 17.8. The lowest BCUT2D eigenvalue weighted by Crippen LogP contribution is -2.41. The fraction of sp³-hybridized carbons (Fsp3) is 0.0722. The van der Waals surface area contributed by atoms with Crippen LogP contribution in [0.5, 0.6) is 0 Å². The van der Waals surface area contributed by atoms with Crippen LogP contribution < -0.4 is 5.46 Å². The average molecular weight is 1470 g/mol. The highest BCUT2D eigenvalue weighted by Crippen LogP contribution is 2.46. The van der Waals surface area contributed by atoms with Crippen LogP contribution in [0.15, 0.2) is 352 Å². The quantitative estimate of drug-likeness (QED) is 0.112. The molecule has 109 heavy (non-hydrogen) atoms. The van der Waals surface area contributed by atoms with Crippen molar-refractivity contribution in [3.63, 3.8) is 0 Å². The lowest BCUT2D eigenvalue weighted by atomic mass is 9.78. The molecule has 19 rings (SSSR count). The molecule has 8 nitrogen and oxygen atoms in total. The van der Waals surface area contributed by atoms with Gasteiger partial charge in [-0.15, -0.1) is 22.7 Å². The summed E-state index contributed by atoms with van der Waals surface area (Å²) in [5.74, 6) is 3.12. The minimum Gasteiger partial charge on any atom is -0.399 e. The molecule has 14 aromatic carbocycles. The lowest BCUT2D eigenvalue weighted by molar-refractivity contribution is 0.00578. The third kappa shape index (κ3) is 14.8. The summed E-state index contributed by atoms with van der Waals surface area (Å²) in [6.07, 6.45) is 0. The predicted molar refractivity (Wildman–Crippen MR) is 459 cm³/mol. The second-order valence-electron chi connectivity index (χ2n) is 27.6. The van der Waals surface area contributed by atoms with Crippen molar-refractivity contribution in [1.82, 2.24) is 29.9 Å². The second kappa shape index (κ2) is 31.0. The standard InChI is InChI=1S/C45H29N3S.C30H27BO2S.C21H14ClN3.CH4/c1-4-12-30(13-5-1)32-22-26-34(27-23-32)37-18-10-19-38-39-20-11-21-40(42(39)49-41(37)38)45-47-43(35-16-8-3-9-17-35)46-44(48-45)36-28-24-33(25-29-36)31-14-6-2-7-15-31;1-29(2)30(3,4)33-31(32-29)26-15-9-14-25-24-13-8-12-23(27(24)34-28(25)26)22-18-16-21(17-19-22)20-10-6-5-7-11-20;22-21-24-19(17-9-5-2-6-10-17)23-20(25-21)18-13-11-16(12-14-18)15-7-3-1-4-8-15;/h1-29H;5-19H,1-4H3;1-14H;1H4. The molecule has 18 aromatic rings. The number of rotatable bonds is 12. The van der Waals surface area contributed by atoms with E-state index in [1.807, 2.05) is 108 Å². The zero-order valence-electron chi connectivity index (χ0n) is 59.8. The van der Waals surface area contributed by atoms with Crippen LogP contribution in [0.2, 0.25) is 5.28 Å². The molecule has 1 fully saturated rings. The van der Waals surface area contributed by atoms with Gasteiger partial charge in [-0.3, -0.25) is 0 Å². The van der Waals surface area contributed by atoms with Crippen LogP contribution in [0.3, 0.4) is 0 Å². The largest absolute Gasteiger partial charge is 0.496 e. The topological polar surface area (TPSA) is 95.8 Å². The summed E-state index contributed by atoms with van der Waals surface area (Å²) in [4.78, 5) is 28.3. The summed E-state index contributed by atoms with van der Waals surface area (Å²) in [5, 5.41) is 5.17. The van der Waals surface area contributed by atoms with Crippen molar-refractivity contribution in [3.05, 3.63) is 357 Å². The Bertz CT molecular complexity index is 6200. The van der Waals surface area contributed by atoms with Gasteiger partial charge in [0.15, 0.2) is 29.1 Å². The zero-order chi connectivity index (χ0) is 73.1. The highest BCUT2D eigenvalue weighted by atomic mass is 35.5. The smallest absolute Gasteiger partial charge is 0.399 e. The maximum Gasteiger partial charge on any atom is 0.496 e. The van der Waals surface area contributed by atoms with Gasteiger partial charge in [0.05, 0.1) is 11.2 Å². The Morgan fingerprint density at radius 1 is 0.239 bits per heavy atom. The number of hydrogen-bond donors (Lipinski definition) is 0. The Morgan fingerprint density at radius 3 is 0.826 bits per heavy atom. The van der Waals surface area contributed by atoms with Crippen LogP contribution in [-0.2, 0) is 9.31 Å². The van der Waals surface area contributed by atoms with Gasteiger partial charge < -0.3 is 9.31 Å². The van der Waals surface area contributed by atoms with Gasteiger partial charge in [-0.05, 0) is 118 Å². The van der Waals surface area contributed by atoms with E-state index in [2.05, 4.69) is 310 Å². The van der Waals surface area contributed by atoms with Gasteiger partial charge in [-0.2, -0.15) is 9.97 Å². The first kappa shape index (κ1) is 71.1. The van der Waals surface area contributed by atoms with Gasteiger partial charge in [0.1, 0.15) is 0 Å². The first-order chi connectivity index (χ1) is 52.9. The van der Waals surface area contributed by atoms with Crippen molar-refractivity contribution < 1.29 is 9.31 Å². The van der Waals surface area contributed by atoms with Crippen LogP contribution >= 0.6 is 34.3 Å². The molecule has 0 aliphatic carbocycles. The molecule has 1 aliphatic rings. The molecule has 0 bridgehead atoms. The van der Waals surface area contributed by atoms with E-state index in [9.17, 15) is 0 Å². The van der Waals surface area contributed by atoms with Gasteiger partial charge in [-0.25, -0.2) is 19.9 Å². The fourth-order valence-corrected chi connectivity index (χ4v) is 16.7. The first-order valence-corrected chi connectivity index (χ1v) is 38.1. The molecule has 526 valence electrons. The van der Waals surface area contributed by atoms with E-state index in [1.165, 1.54) is 96.0 Å². The summed E-state index contributed by atoms with van der Waals surface area (Å²) in [6.45, 7) is 8.43. The minimum atomic E-state index is -0.365. The second-order valence-corrected chi connectivity index (χ2v) is 30.0. The molecule has 0 radical (unpaired) electrons.